The van der Waals surface area contributed by atoms with Crippen molar-refractivity contribution in [2.75, 3.05) is 19.7 Å². The molecule has 1 amide bonds. The molecule has 0 atom stereocenters. The van der Waals surface area contributed by atoms with Crippen LogP contribution in [0.15, 0.2) is 54.6 Å². The molecule has 0 aliphatic heterocycles. The monoisotopic (exact) mass is 393 g/mol. The molecule has 0 radical (unpaired) electrons. The Morgan fingerprint density at radius 3 is 2.28 bits per heavy atom. The molecule has 2 aromatic rings. The van der Waals surface area contributed by atoms with E-state index in [-0.39, 0.29) is 29.4 Å². The van der Waals surface area contributed by atoms with Crippen LogP contribution in [0.3, 0.4) is 0 Å². The molecular weight excluding hydrogens is 366 g/mol. The Labute approximate surface area is 172 Å². The highest BCUT2D eigenvalue weighted by molar-refractivity contribution is 6.15. The molecule has 5 nitrogen and oxygen atoms in total. The molecule has 0 heterocycles. The Morgan fingerprint density at radius 1 is 1.00 bits per heavy atom. The van der Waals surface area contributed by atoms with E-state index in [0.717, 1.165) is 16.7 Å². The molecule has 2 aromatic carbocycles. The number of amides is 1. The van der Waals surface area contributed by atoms with Crippen molar-refractivity contribution >= 4 is 17.7 Å². The molecule has 0 aliphatic rings. The number of carbonyl (C=O) groups is 3. The van der Waals surface area contributed by atoms with Crippen LogP contribution in [0.2, 0.25) is 0 Å². The topological polar surface area (TPSA) is 63.7 Å². The summed E-state index contributed by atoms with van der Waals surface area (Å²) in [7, 11) is 0. The molecule has 0 bridgehead atoms. The van der Waals surface area contributed by atoms with E-state index in [4.69, 9.17) is 4.74 Å². The van der Waals surface area contributed by atoms with Gasteiger partial charge in [0.2, 0.25) is 0 Å². The number of carbonyl (C=O) groups excluding carboxylic acids is 3. The number of hydrogen-bond acceptors (Lipinski definition) is 4. The van der Waals surface area contributed by atoms with Crippen LogP contribution in [-0.2, 0) is 9.53 Å². The molecule has 0 fully saturated rings. The minimum atomic E-state index is -0.695. The number of ketones is 1. The summed E-state index contributed by atoms with van der Waals surface area (Å²) >= 11 is 0. The van der Waals surface area contributed by atoms with Crippen LogP contribution in [-0.4, -0.2) is 42.3 Å². The summed E-state index contributed by atoms with van der Waals surface area (Å²) < 4.78 is 5.22. The first-order valence-corrected chi connectivity index (χ1v) is 9.54. The van der Waals surface area contributed by atoms with Gasteiger partial charge in [-0.25, -0.2) is 4.79 Å². The van der Waals surface area contributed by atoms with Crippen LogP contribution in [0, 0.1) is 13.8 Å². The van der Waals surface area contributed by atoms with E-state index in [9.17, 15) is 14.4 Å². The third kappa shape index (κ3) is 5.64. The fourth-order valence-electron chi connectivity index (χ4n) is 2.98. The van der Waals surface area contributed by atoms with Gasteiger partial charge in [-0.15, -0.1) is 0 Å². The molecule has 0 saturated heterocycles. The van der Waals surface area contributed by atoms with E-state index in [0.29, 0.717) is 18.7 Å². The van der Waals surface area contributed by atoms with E-state index in [1.165, 1.54) is 6.07 Å². The molecule has 0 N–H and O–H groups in total. The van der Waals surface area contributed by atoms with Gasteiger partial charge in [-0.2, -0.15) is 0 Å². The number of benzene rings is 2. The lowest BCUT2D eigenvalue weighted by atomic mass is 9.94. The smallest absolute Gasteiger partial charge is 0.339 e. The SMILES string of the molecule is C=C(C)CN(CC)C(=O)COC(=O)c1ccccc1C(=O)c1cc(C)ccc1C. The average molecular weight is 393 g/mol. The zero-order valence-corrected chi connectivity index (χ0v) is 17.5. The van der Waals surface area contributed by atoms with Crippen molar-refractivity contribution in [2.24, 2.45) is 0 Å². The number of rotatable bonds is 8. The van der Waals surface area contributed by atoms with Crippen LogP contribution in [0.1, 0.15) is 51.3 Å². The molecule has 2 rings (SSSR count). The van der Waals surface area contributed by atoms with E-state index >= 15 is 0 Å². The standard InChI is InChI=1S/C24H27NO4/c1-6-25(14-16(2)3)22(26)15-29-24(28)20-10-8-7-9-19(20)23(27)21-13-17(4)11-12-18(21)5/h7-13H,2,6,14-15H2,1,3-5H3. The fourth-order valence-corrected chi connectivity index (χ4v) is 2.98. The van der Waals surface area contributed by atoms with Gasteiger partial charge in [0, 0.05) is 24.2 Å². The van der Waals surface area contributed by atoms with Crippen LogP contribution < -0.4 is 0 Å². The predicted octanol–water partition coefficient (Wildman–Crippen LogP) is 4.12. The largest absolute Gasteiger partial charge is 0.452 e. The number of ether oxygens (including phenoxy) is 1. The van der Waals surface area contributed by atoms with Gasteiger partial charge in [-0.05, 0) is 45.4 Å². The first-order chi connectivity index (χ1) is 13.7. The summed E-state index contributed by atoms with van der Waals surface area (Å²) in [5.74, 6) is -1.25. The number of likely N-dealkylation sites (N-methyl/N-ethyl adjacent to an activating group) is 1. The first-order valence-electron chi connectivity index (χ1n) is 9.54. The highest BCUT2D eigenvalue weighted by Crippen LogP contribution is 2.19. The van der Waals surface area contributed by atoms with Crippen molar-refractivity contribution in [3.8, 4) is 0 Å². The minimum Gasteiger partial charge on any atom is -0.452 e. The molecular formula is C24H27NO4. The molecule has 0 aliphatic carbocycles. The van der Waals surface area contributed by atoms with Crippen LogP contribution in [0.5, 0.6) is 0 Å². The maximum absolute atomic E-state index is 13.1. The van der Waals surface area contributed by atoms with Crippen molar-refractivity contribution in [1.29, 1.82) is 0 Å². The molecule has 152 valence electrons. The number of nitrogens with zero attached hydrogens (tertiary/aromatic N) is 1. The fraction of sp³-hybridized carbons (Fsp3) is 0.292. The zero-order chi connectivity index (χ0) is 21.6. The van der Waals surface area contributed by atoms with E-state index in [1.54, 1.807) is 29.2 Å². The van der Waals surface area contributed by atoms with Gasteiger partial charge in [-0.3, -0.25) is 9.59 Å². The maximum atomic E-state index is 13.1. The Kier molecular flexibility index (Phi) is 7.48. The lowest BCUT2D eigenvalue weighted by molar-refractivity contribution is -0.133. The van der Waals surface area contributed by atoms with Crippen molar-refractivity contribution in [3.05, 3.63) is 82.4 Å². The maximum Gasteiger partial charge on any atom is 0.339 e. The molecule has 29 heavy (non-hydrogen) atoms. The second kappa shape index (κ2) is 9.82. The Balaban J connectivity index is 2.20. The Bertz CT molecular complexity index is 946. The molecule has 0 saturated carbocycles. The highest BCUT2D eigenvalue weighted by atomic mass is 16.5. The predicted molar refractivity (Wildman–Crippen MR) is 113 cm³/mol. The summed E-state index contributed by atoms with van der Waals surface area (Å²) in [4.78, 5) is 39.6. The Hall–Kier alpha value is -3.21. The first kappa shape index (κ1) is 22.1. The van der Waals surface area contributed by atoms with Gasteiger partial charge >= 0.3 is 5.97 Å². The lowest BCUT2D eigenvalue weighted by Gasteiger charge is -2.20. The quantitative estimate of drug-likeness (QED) is 0.385. The van der Waals surface area contributed by atoms with Gasteiger partial charge in [0.05, 0.1) is 5.56 Å². The van der Waals surface area contributed by atoms with E-state index in [2.05, 4.69) is 6.58 Å². The normalized spacial score (nSPS) is 10.3. The van der Waals surface area contributed by atoms with Crippen LogP contribution in [0.25, 0.3) is 0 Å². The number of aryl methyl sites for hydroxylation is 2. The van der Waals surface area contributed by atoms with Gasteiger partial charge in [-0.1, -0.05) is 48.0 Å². The Morgan fingerprint density at radius 2 is 1.66 bits per heavy atom. The average Bonchev–Trinajstić information content (AvgIpc) is 2.71. The van der Waals surface area contributed by atoms with Gasteiger partial charge < -0.3 is 9.64 Å². The second-order valence-corrected chi connectivity index (χ2v) is 7.13. The van der Waals surface area contributed by atoms with Gasteiger partial charge in [0.1, 0.15) is 0 Å². The summed E-state index contributed by atoms with van der Waals surface area (Å²) in [6.07, 6.45) is 0. The molecule has 0 spiro atoms. The third-order valence-corrected chi connectivity index (χ3v) is 4.55. The lowest BCUT2D eigenvalue weighted by Crippen LogP contribution is -2.35. The van der Waals surface area contributed by atoms with Gasteiger partial charge in [0.15, 0.2) is 12.4 Å². The van der Waals surface area contributed by atoms with E-state index in [1.807, 2.05) is 39.8 Å². The highest BCUT2D eigenvalue weighted by Gasteiger charge is 2.22. The summed E-state index contributed by atoms with van der Waals surface area (Å²) in [6.45, 7) is 11.8. The minimum absolute atomic E-state index is 0.147. The summed E-state index contributed by atoms with van der Waals surface area (Å²) in [5, 5.41) is 0. The number of hydrogen-bond donors (Lipinski definition) is 0. The van der Waals surface area contributed by atoms with Crippen molar-refractivity contribution in [1.82, 2.24) is 4.90 Å². The van der Waals surface area contributed by atoms with Crippen molar-refractivity contribution in [3.63, 3.8) is 0 Å². The van der Waals surface area contributed by atoms with Crippen LogP contribution in [0.4, 0.5) is 0 Å². The second-order valence-electron chi connectivity index (χ2n) is 7.13. The van der Waals surface area contributed by atoms with Gasteiger partial charge in [0.25, 0.3) is 5.91 Å². The summed E-state index contributed by atoms with van der Waals surface area (Å²) in [6, 6.07) is 12.1. The van der Waals surface area contributed by atoms with Crippen molar-refractivity contribution < 1.29 is 19.1 Å². The molecule has 0 unspecified atom stereocenters. The third-order valence-electron chi connectivity index (χ3n) is 4.55. The van der Waals surface area contributed by atoms with Crippen molar-refractivity contribution in [2.45, 2.75) is 27.7 Å². The zero-order valence-electron chi connectivity index (χ0n) is 17.5. The van der Waals surface area contributed by atoms with E-state index < -0.39 is 5.97 Å². The molecule has 0 aromatic heterocycles. The molecule has 5 heteroatoms. The number of esters is 1. The van der Waals surface area contributed by atoms with Crippen LogP contribution >= 0.6 is 0 Å². The summed E-state index contributed by atoms with van der Waals surface area (Å²) in [5.41, 5.74) is 3.58.